The van der Waals surface area contributed by atoms with Crippen molar-refractivity contribution < 1.29 is 14.3 Å². The van der Waals surface area contributed by atoms with Gasteiger partial charge in [-0.05, 0) is 51.3 Å². The Morgan fingerprint density at radius 1 is 1.27 bits per heavy atom. The third-order valence-electron chi connectivity index (χ3n) is 5.28. The van der Waals surface area contributed by atoms with Gasteiger partial charge < -0.3 is 24.3 Å². The van der Waals surface area contributed by atoms with Gasteiger partial charge >= 0.3 is 6.09 Å². The summed E-state index contributed by atoms with van der Waals surface area (Å²) in [4.78, 5) is 23.0. The molecule has 184 valence electrons. The fraction of sp³-hybridized carbons (Fsp3) is 0.682. The minimum atomic E-state index is -1.17. The fourth-order valence-electron chi connectivity index (χ4n) is 3.64. The van der Waals surface area contributed by atoms with Crippen LogP contribution < -0.4 is 5.32 Å². The molecule has 0 aromatic carbocycles. The molecule has 0 bridgehead atoms. The van der Waals surface area contributed by atoms with Gasteiger partial charge in [-0.2, -0.15) is 9.97 Å². The lowest BCUT2D eigenvalue weighted by Gasteiger charge is -2.34. The van der Waals surface area contributed by atoms with Crippen molar-refractivity contribution >= 4 is 54.2 Å². The van der Waals surface area contributed by atoms with Gasteiger partial charge in [0.05, 0.1) is 10.4 Å². The molecule has 1 saturated heterocycles. The topological polar surface area (TPSA) is 81.5 Å². The molecule has 8 nitrogen and oxygen atoms in total. The Kier molecular flexibility index (Phi) is 8.19. The number of halogens is 2. The summed E-state index contributed by atoms with van der Waals surface area (Å²) < 4.78 is 13.3. The fourth-order valence-corrected chi connectivity index (χ4v) is 4.85. The van der Waals surface area contributed by atoms with Crippen LogP contribution in [0.1, 0.15) is 33.6 Å². The first-order chi connectivity index (χ1) is 15.3. The molecule has 0 spiro atoms. The summed E-state index contributed by atoms with van der Waals surface area (Å²) in [7, 11) is -1.17. The predicted molar refractivity (Wildman–Crippen MR) is 136 cm³/mol. The molecule has 2 aromatic heterocycles. The zero-order chi connectivity index (χ0) is 24.4. The van der Waals surface area contributed by atoms with Gasteiger partial charge in [-0.25, -0.2) is 4.79 Å². The Balaban J connectivity index is 1.74. The molecule has 1 N–H and O–H groups in total. The minimum Gasteiger partial charge on any atom is -0.444 e. The number of ether oxygens (including phenoxy) is 2. The highest BCUT2D eigenvalue weighted by molar-refractivity contribution is 6.76. The van der Waals surface area contributed by atoms with E-state index in [1.807, 2.05) is 25.3 Å². The molecule has 1 atom stereocenters. The van der Waals surface area contributed by atoms with E-state index in [-0.39, 0.29) is 17.4 Å². The van der Waals surface area contributed by atoms with Gasteiger partial charge in [0.25, 0.3) is 0 Å². The monoisotopic (exact) mass is 515 g/mol. The zero-order valence-electron chi connectivity index (χ0n) is 20.4. The van der Waals surface area contributed by atoms with Gasteiger partial charge in [0, 0.05) is 40.0 Å². The van der Waals surface area contributed by atoms with Crippen molar-refractivity contribution in [3.05, 3.63) is 16.5 Å². The number of rotatable bonds is 7. The summed E-state index contributed by atoms with van der Waals surface area (Å²) in [6.07, 6.45) is 3.24. The predicted octanol–water partition coefficient (Wildman–Crippen LogP) is 5.86. The van der Waals surface area contributed by atoms with E-state index < -0.39 is 13.7 Å². The molecule has 1 fully saturated rings. The van der Waals surface area contributed by atoms with Gasteiger partial charge in [0.2, 0.25) is 5.28 Å². The summed E-state index contributed by atoms with van der Waals surface area (Å²) >= 11 is 12.8. The number of anilines is 1. The highest BCUT2D eigenvalue weighted by Gasteiger charge is 2.28. The molecule has 3 rings (SSSR count). The normalized spacial score (nSPS) is 17.5. The van der Waals surface area contributed by atoms with Crippen LogP contribution in [-0.4, -0.2) is 64.9 Å². The van der Waals surface area contributed by atoms with Crippen LogP contribution in [-0.2, 0) is 16.2 Å². The largest absolute Gasteiger partial charge is 0.444 e. The van der Waals surface area contributed by atoms with E-state index in [0.717, 1.165) is 18.9 Å². The van der Waals surface area contributed by atoms with Crippen LogP contribution in [0.15, 0.2) is 6.20 Å². The highest BCUT2D eigenvalue weighted by Crippen LogP contribution is 2.32. The molecule has 0 aliphatic carbocycles. The van der Waals surface area contributed by atoms with Crippen molar-refractivity contribution in [1.82, 2.24) is 19.4 Å². The number of amides is 1. The van der Waals surface area contributed by atoms with Crippen LogP contribution in [0.2, 0.25) is 36.0 Å². The smallest absolute Gasteiger partial charge is 0.410 e. The highest BCUT2D eigenvalue weighted by atomic mass is 35.5. The third kappa shape index (κ3) is 7.47. The van der Waals surface area contributed by atoms with Gasteiger partial charge in [-0.1, -0.05) is 31.2 Å². The zero-order valence-corrected chi connectivity index (χ0v) is 22.9. The Bertz CT molecular complexity index is 987. The molecular weight excluding hydrogens is 481 g/mol. The van der Waals surface area contributed by atoms with E-state index in [0.29, 0.717) is 48.3 Å². The maximum absolute atomic E-state index is 12.5. The molecule has 3 heterocycles. The van der Waals surface area contributed by atoms with Crippen molar-refractivity contribution in [2.75, 3.05) is 25.0 Å². The number of likely N-dealkylation sites (tertiary alicyclic amines) is 1. The van der Waals surface area contributed by atoms with E-state index in [9.17, 15) is 4.79 Å². The molecule has 1 aliphatic rings. The second kappa shape index (κ2) is 10.4. The van der Waals surface area contributed by atoms with Crippen LogP contribution in [0.3, 0.4) is 0 Å². The molecule has 33 heavy (non-hydrogen) atoms. The first-order valence-corrected chi connectivity index (χ1v) is 15.8. The number of carbonyl (C=O) groups is 1. The lowest BCUT2D eigenvalue weighted by Crippen LogP contribution is -2.47. The van der Waals surface area contributed by atoms with Crippen LogP contribution in [0.5, 0.6) is 0 Å². The number of fused-ring (bicyclic) bond motifs is 1. The molecule has 2 aromatic rings. The summed E-state index contributed by atoms with van der Waals surface area (Å²) in [6.45, 7) is 14.8. The number of hydrogen-bond acceptors (Lipinski definition) is 6. The number of carbonyl (C=O) groups excluding carboxylic acids is 1. The van der Waals surface area contributed by atoms with E-state index in [4.69, 9.17) is 32.7 Å². The molecule has 0 unspecified atom stereocenters. The number of piperidine rings is 1. The van der Waals surface area contributed by atoms with E-state index in [1.54, 1.807) is 11.1 Å². The van der Waals surface area contributed by atoms with Crippen molar-refractivity contribution in [2.24, 2.45) is 0 Å². The van der Waals surface area contributed by atoms with Gasteiger partial charge in [0.1, 0.15) is 18.1 Å². The Morgan fingerprint density at radius 2 is 2.00 bits per heavy atom. The third-order valence-corrected chi connectivity index (χ3v) is 7.44. The quantitative estimate of drug-likeness (QED) is 0.282. The van der Waals surface area contributed by atoms with Gasteiger partial charge in [-0.3, -0.25) is 0 Å². The van der Waals surface area contributed by atoms with E-state index in [1.165, 1.54) is 0 Å². The van der Waals surface area contributed by atoms with Crippen LogP contribution in [0.25, 0.3) is 11.0 Å². The number of aromatic nitrogens is 3. The summed E-state index contributed by atoms with van der Waals surface area (Å²) in [5.41, 5.74) is 0.0903. The van der Waals surface area contributed by atoms with Crippen LogP contribution >= 0.6 is 23.2 Å². The van der Waals surface area contributed by atoms with Gasteiger partial charge in [-0.15, -0.1) is 0 Å². The molecule has 11 heteroatoms. The van der Waals surface area contributed by atoms with Crippen LogP contribution in [0, 0.1) is 0 Å². The van der Waals surface area contributed by atoms with E-state index in [2.05, 4.69) is 34.9 Å². The summed E-state index contributed by atoms with van der Waals surface area (Å²) in [5, 5.41) is 4.79. The van der Waals surface area contributed by atoms with E-state index >= 15 is 0 Å². The Hall–Kier alpha value is -1.55. The Morgan fingerprint density at radius 3 is 2.67 bits per heavy atom. The average Bonchev–Trinajstić information content (AvgIpc) is 2.99. The van der Waals surface area contributed by atoms with Crippen molar-refractivity contribution in [1.29, 1.82) is 0 Å². The molecule has 1 amide bonds. The summed E-state index contributed by atoms with van der Waals surface area (Å²) in [6, 6.07) is 1.08. The van der Waals surface area contributed by atoms with Crippen molar-refractivity contribution in [3.63, 3.8) is 0 Å². The van der Waals surface area contributed by atoms with Crippen molar-refractivity contribution in [3.8, 4) is 0 Å². The molecular formula is C22H35Cl2N5O3Si. The second-order valence-corrected chi connectivity index (χ2v) is 17.1. The van der Waals surface area contributed by atoms with Crippen molar-refractivity contribution in [2.45, 2.75) is 77.7 Å². The molecule has 0 saturated carbocycles. The maximum atomic E-state index is 12.5. The Labute approximate surface area is 206 Å². The number of nitrogens with zero attached hydrogens (tertiary/aromatic N) is 4. The second-order valence-electron chi connectivity index (χ2n) is 10.7. The number of nitrogens with one attached hydrogen (secondary N) is 1. The lowest BCUT2D eigenvalue weighted by atomic mass is 10.1. The first-order valence-electron chi connectivity index (χ1n) is 11.4. The molecule has 1 aliphatic heterocycles. The average molecular weight is 517 g/mol. The van der Waals surface area contributed by atoms with Crippen LogP contribution in [0.4, 0.5) is 10.6 Å². The number of hydrogen-bond donors (Lipinski definition) is 1. The minimum absolute atomic E-state index is 0.00662. The standard InChI is InChI=1S/C22H35Cl2N5O3Si/c1-22(2,3)32-21(30)28-9-7-8-15(12-28)25-18-17-16(23)13-29(19(17)27-20(24)26-18)14-31-10-11-33(4,5)6/h13,15H,7-12,14H2,1-6H3,(H,25,26,27)/t15-/m1/s1. The van der Waals surface area contributed by atoms with Gasteiger partial charge in [0.15, 0.2) is 5.65 Å². The lowest BCUT2D eigenvalue weighted by molar-refractivity contribution is 0.0206. The maximum Gasteiger partial charge on any atom is 0.410 e. The molecule has 0 radical (unpaired) electrons. The summed E-state index contributed by atoms with van der Waals surface area (Å²) in [5.74, 6) is 0.562. The first kappa shape index (κ1) is 26.1. The SMILES string of the molecule is CC(C)(C)OC(=O)N1CCC[C@@H](Nc2nc(Cl)nc3c2c(Cl)cn3COCC[Si](C)(C)C)C1.